The molecule has 0 bridgehead atoms. The third-order valence-electron chi connectivity index (χ3n) is 2.53. The van der Waals surface area contributed by atoms with E-state index in [-0.39, 0.29) is 12.3 Å². The number of aromatic nitrogens is 1. The molecule has 2 aromatic rings. The van der Waals surface area contributed by atoms with E-state index < -0.39 is 0 Å². The van der Waals surface area contributed by atoms with Crippen molar-refractivity contribution in [2.24, 2.45) is 4.99 Å². The van der Waals surface area contributed by atoms with Gasteiger partial charge in [-0.3, -0.25) is 14.8 Å². The molecule has 0 radical (unpaired) electrons. The van der Waals surface area contributed by atoms with Gasteiger partial charge in [0.1, 0.15) is 6.54 Å². The lowest BCUT2D eigenvalue weighted by Gasteiger charge is -1.98. The highest BCUT2D eigenvalue weighted by Gasteiger charge is 2.02. The number of rotatable bonds is 4. The molecule has 3 nitrogen and oxygen atoms in total. The molecule has 18 heavy (non-hydrogen) atoms. The van der Waals surface area contributed by atoms with Gasteiger partial charge in [0, 0.05) is 29.7 Å². The van der Waals surface area contributed by atoms with Crippen LogP contribution in [-0.2, 0) is 0 Å². The summed E-state index contributed by atoms with van der Waals surface area (Å²) >= 11 is 0. The van der Waals surface area contributed by atoms with E-state index in [9.17, 15) is 4.79 Å². The van der Waals surface area contributed by atoms with Gasteiger partial charge in [0.15, 0.2) is 5.78 Å². The zero-order valence-electron chi connectivity index (χ0n) is 10.2. The molecular weight excluding hydrogens is 224 g/mol. The van der Waals surface area contributed by atoms with Gasteiger partial charge in [-0.2, -0.15) is 0 Å². The smallest absolute Gasteiger partial charge is 0.184 e. The van der Waals surface area contributed by atoms with Crippen molar-refractivity contribution >= 4 is 12.0 Å². The van der Waals surface area contributed by atoms with Crippen LogP contribution in [0, 0.1) is 6.92 Å². The third-order valence-corrected chi connectivity index (χ3v) is 2.53. The van der Waals surface area contributed by atoms with E-state index in [1.807, 2.05) is 43.3 Å². The molecule has 0 unspecified atom stereocenters. The lowest BCUT2D eigenvalue weighted by molar-refractivity contribution is 0.100. The molecule has 0 N–H and O–H groups in total. The molecule has 0 aliphatic carbocycles. The van der Waals surface area contributed by atoms with Crippen molar-refractivity contribution in [3.05, 3.63) is 65.5 Å². The number of benzene rings is 1. The lowest BCUT2D eigenvalue weighted by atomic mass is 10.1. The van der Waals surface area contributed by atoms with Crippen molar-refractivity contribution in [3.63, 3.8) is 0 Å². The second kappa shape index (κ2) is 5.87. The van der Waals surface area contributed by atoms with Gasteiger partial charge >= 0.3 is 0 Å². The van der Waals surface area contributed by atoms with E-state index in [0.717, 1.165) is 11.1 Å². The molecular formula is C15H14N2O. The minimum absolute atomic E-state index is 0.0233. The fourth-order valence-electron chi connectivity index (χ4n) is 1.52. The maximum Gasteiger partial charge on any atom is 0.184 e. The van der Waals surface area contributed by atoms with Crippen molar-refractivity contribution in [2.75, 3.05) is 6.54 Å². The number of ketones is 1. The summed E-state index contributed by atoms with van der Waals surface area (Å²) in [6, 6.07) is 11.3. The predicted octanol–water partition coefficient (Wildman–Crippen LogP) is 2.69. The Morgan fingerprint density at radius 3 is 2.72 bits per heavy atom. The van der Waals surface area contributed by atoms with E-state index >= 15 is 0 Å². The first-order chi connectivity index (χ1) is 8.75. The molecule has 0 saturated carbocycles. The van der Waals surface area contributed by atoms with Crippen LogP contribution in [0.25, 0.3) is 0 Å². The van der Waals surface area contributed by atoms with Crippen LogP contribution in [0.4, 0.5) is 0 Å². The molecule has 2 rings (SSSR count). The summed E-state index contributed by atoms with van der Waals surface area (Å²) in [6.45, 7) is 2.16. The van der Waals surface area contributed by atoms with E-state index in [2.05, 4.69) is 9.98 Å². The third kappa shape index (κ3) is 3.35. The summed E-state index contributed by atoms with van der Waals surface area (Å²) in [5.74, 6) is 0.0233. The van der Waals surface area contributed by atoms with Crippen LogP contribution < -0.4 is 0 Å². The average molecular weight is 238 g/mol. The molecule has 0 amide bonds. The summed E-state index contributed by atoms with van der Waals surface area (Å²) in [6.07, 6.45) is 5.08. The van der Waals surface area contributed by atoms with Crippen molar-refractivity contribution in [1.82, 2.24) is 4.98 Å². The molecule has 1 heterocycles. The summed E-state index contributed by atoms with van der Waals surface area (Å²) in [4.78, 5) is 19.9. The highest BCUT2D eigenvalue weighted by molar-refractivity contribution is 5.98. The van der Waals surface area contributed by atoms with Gasteiger partial charge < -0.3 is 0 Å². The highest BCUT2D eigenvalue weighted by atomic mass is 16.1. The molecule has 0 saturated heterocycles. The Balaban J connectivity index is 1.96. The Kier molecular flexibility index (Phi) is 3.97. The van der Waals surface area contributed by atoms with Crippen LogP contribution in [0.2, 0.25) is 0 Å². The van der Waals surface area contributed by atoms with Gasteiger partial charge in [0.2, 0.25) is 0 Å². The minimum Gasteiger partial charge on any atom is -0.292 e. The van der Waals surface area contributed by atoms with Crippen LogP contribution in [0.3, 0.4) is 0 Å². The van der Waals surface area contributed by atoms with Gasteiger partial charge in [0.25, 0.3) is 0 Å². The first kappa shape index (κ1) is 12.2. The summed E-state index contributed by atoms with van der Waals surface area (Å²) < 4.78 is 0. The maximum atomic E-state index is 11.8. The van der Waals surface area contributed by atoms with Crippen molar-refractivity contribution in [1.29, 1.82) is 0 Å². The van der Waals surface area contributed by atoms with Gasteiger partial charge in [-0.05, 0) is 13.0 Å². The van der Waals surface area contributed by atoms with Gasteiger partial charge in [-0.15, -0.1) is 0 Å². The predicted molar refractivity (Wildman–Crippen MR) is 72.2 cm³/mol. The topological polar surface area (TPSA) is 42.3 Å². The summed E-state index contributed by atoms with van der Waals surface area (Å²) in [5, 5.41) is 0. The number of Topliss-reactive ketones (excluding diaryl/α,β-unsaturated/α-hetero) is 1. The van der Waals surface area contributed by atoms with Crippen LogP contribution in [0.5, 0.6) is 0 Å². The van der Waals surface area contributed by atoms with Crippen molar-refractivity contribution in [3.8, 4) is 0 Å². The lowest BCUT2D eigenvalue weighted by Crippen LogP contribution is -2.03. The van der Waals surface area contributed by atoms with Gasteiger partial charge in [-0.25, -0.2) is 0 Å². The zero-order valence-corrected chi connectivity index (χ0v) is 10.2. The molecule has 90 valence electrons. The zero-order chi connectivity index (χ0) is 12.8. The first-order valence-electron chi connectivity index (χ1n) is 5.75. The molecule has 0 aliphatic heterocycles. The largest absolute Gasteiger partial charge is 0.292 e. The van der Waals surface area contributed by atoms with Crippen LogP contribution >= 0.6 is 0 Å². The molecule has 3 heteroatoms. The number of nitrogens with zero attached hydrogens (tertiary/aromatic N) is 2. The number of hydrogen-bond donors (Lipinski definition) is 0. The minimum atomic E-state index is 0.0233. The van der Waals surface area contributed by atoms with E-state index in [4.69, 9.17) is 0 Å². The number of aryl methyl sites for hydroxylation is 1. The Bertz CT molecular complexity index is 544. The van der Waals surface area contributed by atoms with E-state index in [1.165, 1.54) is 0 Å². The summed E-state index contributed by atoms with van der Waals surface area (Å²) in [7, 11) is 0. The molecule has 1 aromatic carbocycles. The van der Waals surface area contributed by atoms with Gasteiger partial charge in [-0.1, -0.05) is 35.9 Å². The number of carbonyl (C=O) groups is 1. The van der Waals surface area contributed by atoms with Crippen molar-refractivity contribution in [2.45, 2.75) is 6.92 Å². The Morgan fingerprint density at radius 1 is 1.28 bits per heavy atom. The maximum absolute atomic E-state index is 11.8. The molecule has 0 fully saturated rings. The normalized spacial score (nSPS) is 10.7. The Hall–Kier alpha value is -2.29. The molecule has 0 atom stereocenters. The molecule has 0 spiro atoms. The summed E-state index contributed by atoms with van der Waals surface area (Å²) in [5.41, 5.74) is 2.74. The van der Waals surface area contributed by atoms with Crippen LogP contribution in [0.1, 0.15) is 21.5 Å². The Morgan fingerprint density at radius 2 is 2.06 bits per heavy atom. The quantitative estimate of drug-likeness (QED) is 0.607. The monoisotopic (exact) mass is 238 g/mol. The van der Waals surface area contributed by atoms with Crippen molar-refractivity contribution < 1.29 is 4.79 Å². The standard InChI is InChI=1S/C15H14N2O/c1-12-4-6-14(7-5-12)15(18)11-17-10-13-3-2-8-16-9-13/h2-10H,11H2,1H3. The van der Waals surface area contributed by atoms with Crippen LogP contribution in [-0.4, -0.2) is 23.5 Å². The SMILES string of the molecule is Cc1ccc(C(=O)CN=Cc2cccnc2)cc1. The Labute approximate surface area is 106 Å². The van der Waals surface area contributed by atoms with Crippen LogP contribution in [0.15, 0.2) is 53.8 Å². The number of carbonyl (C=O) groups excluding carboxylic acids is 1. The van der Waals surface area contributed by atoms with Gasteiger partial charge in [0.05, 0.1) is 0 Å². The molecule has 1 aromatic heterocycles. The first-order valence-corrected chi connectivity index (χ1v) is 5.75. The number of hydrogen-bond acceptors (Lipinski definition) is 3. The highest BCUT2D eigenvalue weighted by Crippen LogP contribution is 2.04. The second-order valence-electron chi connectivity index (χ2n) is 4.05. The average Bonchev–Trinajstić information content (AvgIpc) is 2.40. The number of pyridine rings is 1. The van der Waals surface area contributed by atoms with E-state index in [0.29, 0.717) is 5.56 Å². The fourth-order valence-corrected chi connectivity index (χ4v) is 1.52. The molecule has 0 aliphatic rings. The van der Waals surface area contributed by atoms with E-state index in [1.54, 1.807) is 18.6 Å². The second-order valence-corrected chi connectivity index (χ2v) is 4.05. The number of aliphatic imine (C=N–C) groups is 1. The fraction of sp³-hybridized carbons (Fsp3) is 0.133.